The Morgan fingerprint density at radius 3 is 2.88 bits per heavy atom. The summed E-state index contributed by atoms with van der Waals surface area (Å²) in [6.45, 7) is 5.60. The van der Waals surface area contributed by atoms with Crippen LogP contribution in [-0.4, -0.2) is 12.1 Å². The number of hydrogen-bond donors (Lipinski definition) is 0. The third-order valence-electron chi connectivity index (χ3n) is 3.82. The predicted molar refractivity (Wildman–Crippen MR) is 63.8 cm³/mol. The molecule has 0 aromatic heterocycles. The molecule has 88 valence electrons. The lowest BCUT2D eigenvalue weighted by atomic mass is 9.86. The van der Waals surface area contributed by atoms with Crippen molar-refractivity contribution in [3.8, 4) is 0 Å². The predicted octanol–water partition coefficient (Wildman–Crippen LogP) is 3.10. The zero-order valence-corrected chi connectivity index (χ0v) is 9.89. The van der Waals surface area contributed by atoms with Crippen LogP contribution in [0.5, 0.6) is 0 Å². The molecule has 0 amide bonds. The van der Waals surface area contributed by atoms with Crippen molar-refractivity contribution in [1.29, 1.82) is 0 Å². The summed E-state index contributed by atoms with van der Waals surface area (Å²) in [6.07, 6.45) is 10.5. The molecule has 2 nitrogen and oxygen atoms in total. The topological polar surface area (TPSA) is 26.3 Å². The molecular weight excluding hydrogens is 200 g/mol. The van der Waals surface area contributed by atoms with E-state index < -0.39 is 0 Å². The van der Waals surface area contributed by atoms with Crippen molar-refractivity contribution in [3.05, 3.63) is 24.8 Å². The summed E-state index contributed by atoms with van der Waals surface area (Å²) >= 11 is 0. The van der Waals surface area contributed by atoms with Crippen LogP contribution in [-0.2, 0) is 9.53 Å². The number of hydrogen-bond acceptors (Lipinski definition) is 2. The largest absolute Gasteiger partial charge is 0.459 e. The second-order valence-corrected chi connectivity index (χ2v) is 4.91. The first kappa shape index (κ1) is 11.4. The van der Waals surface area contributed by atoms with Gasteiger partial charge in [-0.3, -0.25) is 0 Å². The van der Waals surface area contributed by atoms with Crippen molar-refractivity contribution in [2.75, 3.05) is 0 Å². The Bertz CT molecular complexity index is 306. The minimum atomic E-state index is -0.273. The van der Waals surface area contributed by atoms with E-state index in [9.17, 15) is 4.79 Å². The maximum Gasteiger partial charge on any atom is 0.330 e. The molecule has 0 aromatic carbocycles. The molecule has 4 atom stereocenters. The van der Waals surface area contributed by atoms with E-state index in [1.54, 1.807) is 0 Å². The second kappa shape index (κ2) is 4.86. The molecule has 4 unspecified atom stereocenters. The highest BCUT2D eigenvalue weighted by atomic mass is 16.5. The maximum atomic E-state index is 11.3. The molecule has 0 saturated heterocycles. The van der Waals surface area contributed by atoms with Gasteiger partial charge in [0.2, 0.25) is 0 Å². The third-order valence-corrected chi connectivity index (χ3v) is 3.82. The maximum absolute atomic E-state index is 11.3. The quantitative estimate of drug-likeness (QED) is 0.404. The van der Waals surface area contributed by atoms with Gasteiger partial charge in [0, 0.05) is 12.0 Å². The van der Waals surface area contributed by atoms with Gasteiger partial charge in [-0.1, -0.05) is 32.1 Å². The van der Waals surface area contributed by atoms with E-state index in [1.807, 2.05) is 0 Å². The van der Waals surface area contributed by atoms with Gasteiger partial charge in [0.05, 0.1) is 0 Å². The first-order valence-corrected chi connectivity index (χ1v) is 6.26. The van der Waals surface area contributed by atoms with E-state index in [0.717, 1.165) is 18.8 Å². The molecule has 1 saturated carbocycles. The highest BCUT2D eigenvalue weighted by molar-refractivity contribution is 5.81. The lowest BCUT2D eigenvalue weighted by Crippen LogP contribution is -2.29. The van der Waals surface area contributed by atoms with Gasteiger partial charge in [-0.15, -0.1) is 0 Å². The standard InChI is InChI=1S/C14H20O2/c1-3-5-13(16-14(15)4-2)12-9-10-6-7-11(12)8-10/h4,6-7,10-13H,2-3,5,8-9H2,1H3. The third kappa shape index (κ3) is 2.21. The molecule has 0 heterocycles. The second-order valence-electron chi connectivity index (χ2n) is 4.91. The average molecular weight is 220 g/mol. The van der Waals surface area contributed by atoms with Gasteiger partial charge < -0.3 is 4.74 Å². The molecule has 2 heteroatoms. The van der Waals surface area contributed by atoms with Gasteiger partial charge in [0.1, 0.15) is 6.10 Å². The first-order chi connectivity index (χ1) is 7.74. The number of esters is 1. The van der Waals surface area contributed by atoms with E-state index >= 15 is 0 Å². The van der Waals surface area contributed by atoms with Crippen molar-refractivity contribution in [1.82, 2.24) is 0 Å². The summed E-state index contributed by atoms with van der Waals surface area (Å²) in [5, 5.41) is 0. The van der Waals surface area contributed by atoms with Gasteiger partial charge >= 0.3 is 5.97 Å². The molecule has 1 fully saturated rings. The number of carbonyl (C=O) groups excluding carboxylic acids is 1. The van der Waals surface area contributed by atoms with Crippen LogP contribution >= 0.6 is 0 Å². The Labute approximate surface area is 97.4 Å². The fourth-order valence-corrected chi connectivity index (χ4v) is 3.09. The fraction of sp³-hybridized carbons (Fsp3) is 0.643. The minimum Gasteiger partial charge on any atom is -0.459 e. The van der Waals surface area contributed by atoms with Crippen LogP contribution in [0.3, 0.4) is 0 Å². The zero-order valence-electron chi connectivity index (χ0n) is 9.89. The van der Waals surface area contributed by atoms with Crippen LogP contribution in [0.2, 0.25) is 0 Å². The zero-order chi connectivity index (χ0) is 11.5. The Morgan fingerprint density at radius 2 is 2.38 bits per heavy atom. The van der Waals surface area contributed by atoms with Gasteiger partial charge in [-0.25, -0.2) is 4.79 Å². The summed E-state index contributed by atoms with van der Waals surface area (Å²) in [5.41, 5.74) is 0. The molecule has 0 spiro atoms. The molecule has 2 rings (SSSR count). The molecular formula is C14H20O2. The van der Waals surface area contributed by atoms with Crippen molar-refractivity contribution in [3.63, 3.8) is 0 Å². The number of carbonyl (C=O) groups is 1. The first-order valence-electron chi connectivity index (χ1n) is 6.26. The molecule has 0 radical (unpaired) electrons. The molecule has 0 aliphatic heterocycles. The number of ether oxygens (including phenoxy) is 1. The highest BCUT2D eigenvalue weighted by Crippen LogP contribution is 2.46. The van der Waals surface area contributed by atoms with E-state index in [0.29, 0.717) is 11.8 Å². The normalized spacial score (nSPS) is 32.7. The number of rotatable bonds is 5. The Kier molecular flexibility index (Phi) is 3.47. The van der Waals surface area contributed by atoms with Crippen molar-refractivity contribution < 1.29 is 9.53 Å². The number of fused-ring (bicyclic) bond motifs is 2. The van der Waals surface area contributed by atoms with Gasteiger partial charge in [0.25, 0.3) is 0 Å². The fourth-order valence-electron chi connectivity index (χ4n) is 3.09. The van der Waals surface area contributed by atoms with E-state index in [2.05, 4.69) is 25.7 Å². The SMILES string of the molecule is C=CC(=O)OC(CCC)C1CC2C=CC1C2. The molecule has 0 N–H and O–H groups in total. The highest BCUT2D eigenvalue weighted by Gasteiger charge is 2.40. The van der Waals surface area contributed by atoms with Crippen LogP contribution in [0.25, 0.3) is 0 Å². The van der Waals surface area contributed by atoms with E-state index in [1.165, 1.54) is 18.9 Å². The van der Waals surface area contributed by atoms with Gasteiger partial charge in [-0.05, 0) is 31.1 Å². The minimum absolute atomic E-state index is 0.0930. The van der Waals surface area contributed by atoms with Crippen LogP contribution in [0.4, 0.5) is 0 Å². The van der Waals surface area contributed by atoms with Gasteiger partial charge in [-0.2, -0.15) is 0 Å². The Morgan fingerprint density at radius 1 is 1.56 bits per heavy atom. The lowest BCUT2D eigenvalue weighted by Gasteiger charge is -2.27. The van der Waals surface area contributed by atoms with Gasteiger partial charge in [0.15, 0.2) is 0 Å². The molecule has 2 bridgehead atoms. The Balaban J connectivity index is 1.99. The van der Waals surface area contributed by atoms with Crippen molar-refractivity contribution >= 4 is 5.97 Å². The summed E-state index contributed by atoms with van der Waals surface area (Å²) in [4.78, 5) is 11.3. The lowest BCUT2D eigenvalue weighted by molar-refractivity contribution is -0.146. The van der Waals surface area contributed by atoms with Crippen LogP contribution in [0.15, 0.2) is 24.8 Å². The molecule has 16 heavy (non-hydrogen) atoms. The summed E-state index contributed by atoms with van der Waals surface area (Å²) in [6, 6.07) is 0. The van der Waals surface area contributed by atoms with E-state index in [4.69, 9.17) is 4.74 Å². The summed E-state index contributed by atoms with van der Waals surface area (Å²) in [5.74, 6) is 1.64. The van der Waals surface area contributed by atoms with Crippen molar-refractivity contribution in [2.45, 2.75) is 38.7 Å². The van der Waals surface area contributed by atoms with Crippen LogP contribution in [0, 0.1) is 17.8 Å². The van der Waals surface area contributed by atoms with Crippen LogP contribution in [0.1, 0.15) is 32.6 Å². The molecule has 2 aliphatic carbocycles. The monoisotopic (exact) mass is 220 g/mol. The molecule has 2 aliphatic rings. The number of allylic oxidation sites excluding steroid dienone is 2. The Hall–Kier alpha value is -1.05. The average Bonchev–Trinajstić information content (AvgIpc) is 2.90. The summed E-state index contributed by atoms with van der Waals surface area (Å²) in [7, 11) is 0. The van der Waals surface area contributed by atoms with E-state index in [-0.39, 0.29) is 12.1 Å². The van der Waals surface area contributed by atoms with Crippen LogP contribution < -0.4 is 0 Å². The summed E-state index contributed by atoms with van der Waals surface area (Å²) < 4.78 is 5.49. The molecule has 0 aromatic rings. The smallest absolute Gasteiger partial charge is 0.330 e. The van der Waals surface area contributed by atoms with Crippen molar-refractivity contribution in [2.24, 2.45) is 17.8 Å².